The molecule has 27 heavy (non-hydrogen) atoms. The number of carbonyl (C=O) groups is 1. The molecule has 3 aromatic carbocycles. The molecule has 132 valence electrons. The van der Waals surface area contributed by atoms with Crippen LogP contribution in [0.5, 0.6) is 23.0 Å². The van der Waals surface area contributed by atoms with Crippen LogP contribution in [0.15, 0.2) is 65.1 Å². The first kappa shape index (κ1) is 15.5. The van der Waals surface area contributed by atoms with Crippen LogP contribution in [0.25, 0.3) is 22.3 Å². The quantitative estimate of drug-likeness (QED) is 0.498. The van der Waals surface area contributed by atoms with Gasteiger partial charge in [-0.05, 0) is 30.3 Å². The third kappa shape index (κ3) is 2.52. The minimum absolute atomic E-state index is 0.0780. The summed E-state index contributed by atoms with van der Waals surface area (Å²) in [5.74, 6) is 0.623. The SMILES string of the molecule is O=C1Cc2cc(-c3cc4ccccc4o3)ccc2Oc2cc(O)cc(O)c21. The second-order valence-electron chi connectivity index (χ2n) is 6.51. The van der Waals surface area contributed by atoms with Crippen LogP contribution in [0, 0.1) is 0 Å². The summed E-state index contributed by atoms with van der Waals surface area (Å²) in [6.45, 7) is 0. The fraction of sp³-hybridized carbons (Fsp3) is 0.0455. The number of hydrogen-bond donors (Lipinski definition) is 2. The third-order valence-corrected chi connectivity index (χ3v) is 4.69. The number of carbonyl (C=O) groups excluding carboxylic acids is 1. The number of Topliss-reactive ketones (excluding diaryl/α,β-unsaturated/α-hetero) is 1. The molecule has 1 aliphatic heterocycles. The van der Waals surface area contributed by atoms with Gasteiger partial charge >= 0.3 is 0 Å². The van der Waals surface area contributed by atoms with E-state index in [0.717, 1.165) is 22.6 Å². The smallest absolute Gasteiger partial charge is 0.174 e. The first-order valence-corrected chi connectivity index (χ1v) is 8.47. The number of hydrogen-bond acceptors (Lipinski definition) is 5. The number of para-hydroxylation sites is 1. The number of ether oxygens (including phenoxy) is 1. The van der Waals surface area contributed by atoms with E-state index < -0.39 is 0 Å². The molecule has 0 saturated carbocycles. The number of furan rings is 1. The van der Waals surface area contributed by atoms with Crippen molar-refractivity contribution in [3.05, 3.63) is 71.8 Å². The van der Waals surface area contributed by atoms with Crippen molar-refractivity contribution >= 4 is 16.8 Å². The van der Waals surface area contributed by atoms with Crippen LogP contribution in [-0.4, -0.2) is 16.0 Å². The molecule has 0 fully saturated rings. The van der Waals surface area contributed by atoms with Crippen LogP contribution in [0.3, 0.4) is 0 Å². The predicted molar refractivity (Wildman–Crippen MR) is 99.5 cm³/mol. The first-order valence-electron chi connectivity index (χ1n) is 8.47. The summed E-state index contributed by atoms with van der Waals surface area (Å²) in [5.41, 5.74) is 2.39. The van der Waals surface area contributed by atoms with Gasteiger partial charge in [0.25, 0.3) is 0 Å². The standard InChI is InChI=1S/C22H14O5/c23-15-10-17(25)22-16(24)8-14-7-13(5-6-19(14)27-21(22)11-15)20-9-12-3-1-2-4-18(12)26-20/h1-7,9-11,23,25H,8H2. The zero-order valence-electron chi connectivity index (χ0n) is 14.1. The van der Waals surface area contributed by atoms with Crippen molar-refractivity contribution in [2.24, 2.45) is 0 Å². The van der Waals surface area contributed by atoms with Gasteiger partial charge in [-0.25, -0.2) is 0 Å². The van der Waals surface area contributed by atoms with Crippen molar-refractivity contribution in [1.29, 1.82) is 0 Å². The lowest BCUT2D eigenvalue weighted by Gasteiger charge is -2.10. The average molecular weight is 358 g/mol. The van der Waals surface area contributed by atoms with E-state index in [1.165, 1.54) is 6.07 Å². The van der Waals surface area contributed by atoms with Gasteiger partial charge in [-0.15, -0.1) is 0 Å². The highest BCUT2D eigenvalue weighted by molar-refractivity contribution is 6.03. The summed E-state index contributed by atoms with van der Waals surface area (Å²) < 4.78 is 11.7. The molecule has 0 atom stereocenters. The van der Waals surface area contributed by atoms with E-state index >= 15 is 0 Å². The number of ketones is 1. The van der Waals surface area contributed by atoms with Crippen molar-refractivity contribution < 1.29 is 24.2 Å². The Morgan fingerprint density at radius 1 is 0.889 bits per heavy atom. The molecule has 0 radical (unpaired) electrons. The van der Waals surface area contributed by atoms with Gasteiger partial charge in [0.05, 0.1) is 0 Å². The van der Waals surface area contributed by atoms with Crippen molar-refractivity contribution in [2.75, 3.05) is 0 Å². The van der Waals surface area contributed by atoms with E-state index in [1.54, 1.807) is 6.07 Å². The number of fused-ring (bicyclic) bond motifs is 3. The van der Waals surface area contributed by atoms with E-state index in [0.29, 0.717) is 17.1 Å². The van der Waals surface area contributed by atoms with E-state index in [4.69, 9.17) is 9.15 Å². The Morgan fingerprint density at radius 3 is 2.59 bits per heavy atom. The van der Waals surface area contributed by atoms with Crippen LogP contribution in [-0.2, 0) is 6.42 Å². The van der Waals surface area contributed by atoms with Gasteiger partial charge in [-0.3, -0.25) is 4.79 Å². The molecular formula is C22H14O5. The molecule has 0 saturated heterocycles. The summed E-state index contributed by atoms with van der Waals surface area (Å²) in [5, 5.41) is 20.7. The zero-order valence-corrected chi connectivity index (χ0v) is 14.1. The van der Waals surface area contributed by atoms with Crippen LogP contribution in [0.2, 0.25) is 0 Å². The number of phenols is 2. The Kier molecular flexibility index (Phi) is 3.24. The highest BCUT2D eigenvalue weighted by Crippen LogP contribution is 2.41. The minimum atomic E-state index is -0.291. The van der Waals surface area contributed by atoms with Crippen molar-refractivity contribution in [2.45, 2.75) is 6.42 Å². The molecule has 0 unspecified atom stereocenters. The van der Waals surface area contributed by atoms with Gasteiger partial charge in [-0.1, -0.05) is 18.2 Å². The molecule has 5 heteroatoms. The van der Waals surface area contributed by atoms with Gasteiger partial charge in [0.15, 0.2) is 5.78 Å². The Morgan fingerprint density at radius 2 is 1.74 bits per heavy atom. The number of rotatable bonds is 1. The first-order chi connectivity index (χ1) is 13.1. The molecule has 2 heterocycles. The van der Waals surface area contributed by atoms with Crippen molar-refractivity contribution in [3.63, 3.8) is 0 Å². The number of phenolic OH excluding ortho intramolecular Hbond substituents is 2. The summed E-state index contributed by atoms with van der Waals surface area (Å²) in [7, 11) is 0. The molecule has 5 rings (SSSR count). The molecule has 1 aliphatic rings. The van der Waals surface area contributed by atoms with Crippen molar-refractivity contribution in [3.8, 4) is 34.3 Å². The molecule has 0 amide bonds. The normalized spacial score (nSPS) is 13.0. The number of benzene rings is 3. The topological polar surface area (TPSA) is 79.9 Å². The molecule has 4 aromatic rings. The Labute approximate surface area is 154 Å². The van der Waals surface area contributed by atoms with Gasteiger partial charge < -0.3 is 19.4 Å². The van der Waals surface area contributed by atoms with E-state index in [-0.39, 0.29) is 35.0 Å². The van der Waals surface area contributed by atoms with Gasteiger partial charge in [0.2, 0.25) is 0 Å². The lowest BCUT2D eigenvalue weighted by atomic mass is 10.00. The van der Waals surface area contributed by atoms with Crippen LogP contribution >= 0.6 is 0 Å². The molecule has 0 bridgehead atoms. The fourth-order valence-corrected chi connectivity index (χ4v) is 3.42. The Hall–Kier alpha value is -3.73. The maximum absolute atomic E-state index is 12.6. The minimum Gasteiger partial charge on any atom is -0.508 e. The third-order valence-electron chi connectivity index (χ3n) is 4.69. The predicted octanol–water partition coefficient (Wildman–Crippen LogP) is 5.04. The lowest BCUT2D eigenvalue weighted by molar-refractivity contribution is 0.0991. The summed E-state index contributed by atoms with van der Waals surface area (Å²) in [6, 6.07) is 17.6. The second-order valence-corrected chi connectivity index (χ2v) is 6.51. The van der Waals surface area contributed by atoms with Gasteiger partial charge in [0, 0.05) is 35.1 Å². The largest absolute Gasteiger partial charge is 0.508 e. The Bertz CT molecular complexity index is 1190. The average Bonchev–Trinajstić information content (AvgIpc) is 3.00. The van der Waals surface area contributed by atoms with Gasteiger partial charge in [-0.2, -0.15) is 0 Å². The van der Waals surface area contributed by atoms with E-state index in [2.05, 4.69) is 0 Å². The summed E-state index contributed by atoms with van der Waals surface area (Å²) >= 11 is 0. The highest BCUT2D eigenvalue weighted by atomic mass is 16.5. The maximum atomic E-state index is 12.6. The zero-order chi connectivity index (χ0) is 18.5. The molecule has 0 spiro atoms. The lowest BCUT2D eigenvalue weighted by Crippen LogP contribution is -2.02. The fourth-order valence-electron chi connectivity index (χ4n) is 3.42. The summed E-state index contributed by atoms with van der Waals surface area (Å²) in [4.78, 5) is 12.6. The highest BCUT2D eigenvalue weighted by Gasteiger charge is 2.25. The Balaban J connectivity index is 1.60. The maximum Gasteiger partial charge on any atom is 0.174 e. The van der Waals surface area contributed by atoms with Crippen LogP contribution < -0.4 is 4.74 Å². The molecule has 0 aliphatic carbocycles. The van der Waals surface area contributed by atoms with Crippen LogP contribution in [0.4, 0.5) is 0 Å². The van der Waals surface area contributed by atoms with Gasteiger partial charge in [0.1, 0.15) is 39.9 Å². The molecule has 2 N–H and O–H groups in total. The monoisotopic (exact) mass is 358 g/mol. The van der Waals surface area contributed by atoms with E-state index in [1.807, 2.05) is 42.5 Å². The molecule has 1 aromatic heterocycles. The number of aromatic hydroxyl groups is 2. The second kappa shape index (κ2) is 5.64. The van der Waals surface area contributed by atoms with Crippen molar-refractivity contribution in [1.82, 2.24) is 0 Å². The molecule has 5 nitrogen and oxygen atoms in total. The van der Waals surface area contributed by atoms with E-state index in [9.17, 15) is 15.0 Å². The van der Waals surface area contributed by atoms with Crippen LogP contribution in [0.1, 0.15) is 15.9 Å². The summed E-state index contributed by atoms with van der Waals surface area (Å²) in [6.07, 6.45) is 0.0781. The molecular weight excluding hydrogens is 344 g/mol.